The molecule has 0 saturated carbocycles. The highest BCUT2D eigenvalue weighted by atomic mass is 32.2. The van der Waals surface area contributed by atoms with Gasteiger partial charge in [0.05, 0.1) is 17.9 Å². The number of nitrogens with zero attached hydrogens (tertiary/aromatic N) is 1. The van der Waals surface area contributed by atoms with Gasteiger partial charge in [-0.15, -0.1) is 0 Å². The van der Waals surface area contributed by atoms with Crippen molar-refractivity contribution in [3.05, 3.63) is 41.8 Å². The Kier molecular flexibility index (Phi) is 5.73. The number of aryl methyl sites for hydroxylation is 1. The second-order valence-corrected chi connectivity index (χ2v) is 8.19. The summed E-state index contributed by atoms with van der Waals surface area (Å²) in [5, 5.41) is 0. The largest absolute Gasteiger partial charge is 0.441 e. The van der Waals surface area contributed by atoms with Crippen molar-refractivity contribution in [2.45, 2.75) is 26.2 Å². The predicted molar refractivity (Wildman–Crippen MR) is 95.9 cm³/mol. The number of oxazole rings is 1. The van der Waals surface area contributed by atoms with E-state index in [1.54, 1.807) is 6.92 Å². The Bertz CT molecular complexity index is 855. The summed E-state index contributed by atoms with van der Waals surface area (Å²) in [6.07, 6.45) is 1.24. The van der Waals surface area contributed by atoms with Crippen LogP contribution in [0.1, 0.15) is 24.3 Å². The number of ether oxygens (including phenoxy) is 1. The third-order valence-electron chi connectivity index (χ3n) is 4.31. The zero-order chi connectivity index (χ0) is 18.6. The second-order valence-electron chi connectivity index (χ2n) is 6.43. The SMILES string of the molecule is Cc1oc(-c2ccccc2)nc1CC(=O)NS(=O)(=O)CC1CCOCC1. The van der Waals surface area contributed by atoms with Crippen LogP contribution in [0, 0.1) is 12.8 Å². The van der Waals surface area contributed by atoms with Crippen molar-refractivity contribution in [1.82, 2.24) is 9.71 Å². The standard InChI is InChI=1S/C18H22N2O5S/c1-13-16(19-18(25-13)15-5-3-2-4-6-15)11-17(21)20-26(22,23)12-14-7-9-24-10-8-14/h2-6,14H,7-12H2,1H3,(H,20,21). The van der Waals surface area contributed by atoms with Crippen molar-refractivity contribution in [2.75, 3.05) is 19.0 Å². The lowest BCUT2D eigenvalue weighted by atomic mass is 10.0. The summed E-state index contributed by atoms with van der Waals surface area (Å²) >= 11 is 0. The average molecular weight is 378 g/mol. The van der Waals surface area contributed by atoms with E-state index in [4.69, 9.17) is 9.15 Å². The Hall–Kier alpha value is -2.19. The van der Waals surface area contributed by atoms with Crippen LogP contribution < -0.4 is 4.72 Å². The van der Waals surface area contributed by atoms with E-state index in [1.807, 2.05) is 30.3 Å². The molecule has 1 aromatic heterocycles. The quantitative estimate of drug-likeness (QED) is 0.826. The smallest absolute Gasteiger partial charge is 0.239 e. The van der Waals surface area contributed by atoms with Gasteiger partial charge in [0, 0.05) is 18.8 Å². The molecule has 1 aromatic carbocycles. The van der Waals surface area contributed by atoms with Crippen LogP contribution in [0.25, 0.3) is 11.5 Å². The molecule has 2 heterocycles. The number of sulfonamides is 1. The highest BCUT2D eigenvalue weighted by Gasteiger charge is 2.24. The Morgan fingerprint density at radius 2 is 1.92 bits per heavy atom. The van der Waals surface area contributed by atoms with Crippen molar-refractivity contribution in [2.24, 2.45) is 5.92 Å². The van der Waals surface area contributed by atoms with Crippen LogP contribution in [-0.4, -0.2) is 38.3 Å². The molecule has 8 heteroatoms. The molecule has 140 valence electrons. The molecule has 0 bridgehead atoms. The second kappa shape index (κ2) is 8.01. The maximum Gasteiger partial charge on any atom is 0.239 e. The normalized spacial score (nSPS) is 15.7. The maximum atomic E-state index is 12.2. The van der Waals surface area contributed by atoms with Gasteiger partial charge in [0.15, 0.2) is 0 Å². The maximum absolute atomic E-state index is 12.2. The molecule has 0 aliphatic carbocycles. The minimum Gasteiger partial charge on any atom is -0.441 e. The molecule has 0 radical (unpaired) electrons. The van der Waals surface area contributed by atoms with E-state index < -0.39 is 15.9 Å². The lowest BCUT2D eigenvalue weighted by Gasteiger charge is -2.21. The van der Waals surface area contributed by atoms with Crippen LogP contribution in [0.15, 0.2) is 34.7 Å². The highest BCUT2D eigenvalue weighted by Crippen LogP contribution is 2.22. The Labute approximate surface area is 152 Å². The number of hydrogen-bond donors (Lipinski definition) is 1. The number of hydrogen-bond acceptors (Lipinski definition) is 6. The predicted octanol–water partition coefficient (Wildman–Crippen LogP) is 2.07. The number of carbonyl (C=O) groups excluding carboxylic acids is 1. The van der Waals surface area contributed by atoms with Gasteiger partial charge in [-0.05, 0) is 37.8 Å². The van der Waals surface area contributed by atoms with Gasteiger partial charge in [-0.1, -0.05) is 18.2 Å². The van der Waals surface area contributed by atoms with Crippen molar-refractivity contribution in [3.63, 3.8) is 0 Å². The van der Waals surface area contributed by atoms with Crippen LogP contribution in [-0.2, 0) is 26.0 Å². The van der Waals surface area contributed by atoms with E-state index in [0.29, 0.717) is 43.4 Å². The third kappa shape index (κ3) is 4.92. The minimum absolute atomic E-state index is 0.0209. The van der Waals surface area contributed by atoms with E-state index >= 15 is 0 Å². The van der Waals surface area contributed by atoms with Gasteiger partial charge in [-0.3, -0.25) is 9.52 Å². The number of benzene rings is 1. The first-order valence-electron chi connectivity index (χ1n) is 8.56. The highest BCUT2D eigenvalue weighted by molar-refractivity contribution is 7.90. The fourth-order valence-electron chi connectivity index (χ4n) is 2.92. The molecule has 1 N–H and O–H groups in total. The number of rotatable bonds is 6. The Morgan fingerprint density at radius 3 is 2.62 bits per heavy atom. The zero-order valence-corrected chi connectivity index (χ0v) is 15.4. The summed E-state index contributed by atoms with van der Waals surface area (Å²) in [5.41, 5.74) is 1.23. The number of amides is 1. The van der Waals surface area contributed by atoms with Gasteiger partial charge in [-0.25, -0.2) is 13.4 Å². The van der Waals surface area contributed by atoms with Crippen LogP contribution in [0.2, 0.25) is 0 Å². The lowest BCUT2D eigenvalue weighted by Crippen LogP contribution is -2.37. The van der Waals surface area contributed by atoms with E-state index in [2.05, 4.69) is 9.71 Å². The molecule has 0 unspecified atom stereocenters. The molecule has 1 fully saturated rings. The number of nitrogens with one attached hydrogen (secondary N) is 1. The molecule has 3 rings (SSSR count). The molecule has 0 spiro atoms. The van der Waals surface area contributed by atoms with E-state index in [0.717, 1.165) is 5.56 Å². The van der Waals surface area contributed by atoms with Crippen LogP contribution in [0.3, 0.4) is 0 Å². The Morgan fingerprint density at radius 1 is 1.23 bits per heavy atom. The van der Waals surface area contributed by atoms with E-state index in [-0.39, 0.29) is 18.1 Å². The van der Waals surface area contributed by atoms with Gasteiger partial charge in [-0.2, -0.15) is 0 Å². The molecule has 26 heavy (non-hydrogen) atoms. The van der Waals surface area contributed by atoms with Crippen LogP contribution in [0.5, 0.6) is 0 Å². The molecule has 1 saturated heterocycles. The van der Waals surface area contributed by atoms with E-state index in [1.165, 1.54) is 0 Å². The van der Waals surface area contributed by atoms with Crippen LogP contribution >= 0.6 is 0 Å². The summed E-state index contributed by atoms with van der Waals surface area (Å²) in [7, 11) is -3.67. The van der Waals surface area contributed by atoms with E-state index in [9.17, 15) is 13.2 Å². The summed E-state index contributed by atoms with van der Waals surface area (Å²) in [6.45, 7) is 2.83. The molecular weight excluding hydrogens is 356 g/mol. The average Bonchev–Trinajstić information content (AvgIpc) is 2.96. The molecule has 1 aliphatic rings. The minimum atomic E-state index is -3.67. The first kappa shape index (κ1) is 18.6. The van der Waals surface area contributed by atoms with Crippen molar-refractivity contribution in [3.8, 4) is 11.5 Å². The summed E-state index contributed by atoms with van der Waals surface area (Å²) < 4.78 is 37.4. The Balaban J connectivity index is 1.62. The summed E-state index contributed by atoms with van der Waals surface area (Å²) in [4.78, 5) is 16.5. The van der Waals surface area contributed by atoms with Gasteiger partial charge in [0.1, 0.15) is 5.76 Å². The fraction of sp³-hybridized carbons (Fsp3) is 0.444. The molecule has 2 aromatic rings. The molecular formula is C18H22N2O5S. The monoisotopic (exact) mass is 378 g/mol. The van der Waals surface area contributed by atoms with Crippen LogP contribution in [0.4, 0.5) is 0 Å². The lowest BCUT2D eigenvalue weighted by molar-refractivity contribution is -0.118. The molecule has 1 aliphatic heterocycles. The first-order valence-corrected chi connectivity index (χ1v) is 10.2. The fourth-order valence-corrected chi connectivity index (χ4v) is 4.38. The molecule has 1 amide bonds. The van der Waals surface area contributed by atoms with Crippen molar-refractivity contribution in [1.29, 1.82) is 0 Å². The van der Waals surface area contributed by atoms with Gasteiger partial charge in [0.25, 0.3) is 0 Å². The third-order valence-corrected chi connectivity index (χ3v) is 5.76. The topological polar surface area (TPSA) is 98.5 Å². The zero-order valence-electron chi connectivity index (χ0n) is 14.6. The van der Waals surface area contributed by atoms with Gasteiger partial charge < -0.3 is 9.15 Å². The number of carbonyl (C=O) groups is 1. The van der Waals surface area contributed by atoms with Crippen molar-refractivity contribution >= 4 is 15.9 Å². The van der Waals surface area contributed by atoms with Gasteiger partial charge >= 0.3 is 0 Å². The first-order chi connectivity index (χ1) is 12.4. The van der Waals surface area contributed by atoms with Gasteiger partial charge in [0.2, 0.25) is 21.8 Å². The molecule has 0 atom stereocenters. The summed E-state index contributed by atoms with van der Waals surface area (Å²) in [6, 6.07) is 9.33. The molecule has 7 nitrogen and oxygen atoms in total. The van der Waals surface area contributed by atoms with Crippen molar-refractivity contribution < 1.29 is 22.4 Å². The number of aromatic nitrogens is 1. The summed E-state index contributed by atoms with van der Waals surface area (Å²) in [5.74, 6) is 0.271.